The van der Waals surface area contributed by atoms with E-state index in [0.717, 1.165) is 18.5 Å². The number of rotatable bonds is 3. The smallest absolute Gasteiger partial charge is 0.367 e. The van der Waals surface area contributed by atoms with Gasteiger partial charge in [0.15, 0.2) is 0 Å². The summed E-state index contributed by atoms with van der Waals surface area (Å²) in [5.74, 6) is -1.95. The molecule has 0 aromatic carbocycles. The van der Waals surface area contributed by atoms with Gasteiger partial charge in [-0.15, -0.1) is 0 Å². The van der Waals surface area contributed by atoms with Crippen molar-refractivity contribution >= 4 is 5.78 Å². The maximum Gasteiger partial charge on any atom is 0.454 e. The summed E-state index contributed by atoms with van der Waals surface area (Å²) >= 11 is 0. The SMILES string of the molecule is N#CC=CN/C=C/C(=O)C(F)(F)F. The Morgan fingerprint density at radius 2 is 2.00 bits per heavy atom. The van der Waals surface area contributed by atoms with Crippen LogP contribution in [0.1, 0.15) is 0 Å². The predicted molar refractivity (Wildman–Crippen MR) is 38.1 cm³/mol. The standard InChI is InChI=1S/C7H5F3N2O/c8-7(9,10)6(13)2-5-12-4-1-3-11/h1-2,4-5,12H/b4-1?,5-2+. The molecule has 0 bridgehead atoms. The van der Waals surface area contributed by atoms with E-state index in [4.69, 9.17) is 5.26 Å². The fraction of sp³-hybridized carbons (Fsp3) is 0.143. The summed E-state index contributed by atoms with van der Waals surface area (Å²) in [6.45, 7) is 0. The highest BCUT2D eigenvalue weighted by Crippen LogP contribution is 2.15. The Labute approximate surface area is 72.2 Å². The number of ketones is 1. The first kappa shape index (κ1) is 11.2. The molecule has 6 heteroatoms. The van der Waals surface area contributed by atoms with E-state index >= 15 is 0 Å². The van der Waals surface area contributed by atoms with Crippen LogP contribution >= 0.6 is 0 Å². The molecule has 0 atom stereocenters. The molecule has 0 aliphatic carbocycles. The van der Waals surface area contributed by atoms with Gasteiger partial charge >= 0.3 is 6.18 Å². The molecule has 0 aromatic heterocycles. The number of nitriles is 1. The van der Waals surface area contributed by atoms with E-state index in [-0.39, 0.29) is 0 Å². The molecule has 0 rings (SSSR count). The molecule has 0 spiro atoms. The second-order valence-electron chi connectivity index (χ2n) is 1.82. The maximum atomic E-state index is 11.5. The summed E-state index contributed by atoms with van der Waals surface area (Å²) in [5, 5.41) is 10.1. The Balaban J connectivity index is 3.95. The molecule has 70 valence electrons. The Bertz CT molecular complexity index is 272. The number of hydrogen-bond donors (Lipinski definition) is 1. The van der Waals surface area contributed by atoms with Gasteiger partial charge in [0.1, 0.15) is 0 Å². The minimum atomic E-state index is -4.85. The van der Waals surface area contributed by atoms with Crippen LogP contribution in [0.25, 0.3) is 0 Å². The fourth-order valence-corrected chi connectivity index (χ4v) is 0.359. The third-order valence-corrected chi connectivity index (χ3v) is 0.864. The minimum Gasteiger partial charge on any atom is -0.367 e. The van der Waals surface area contributed by atoms with Crippen LogP contribution in [0.4, 0.5) is 13.2 Å². The number of allylic oxidation sites excluding steroid dienone is 2. The number of hydrogen-bond acceptors (Lipinski definition) is 3. The molecule has 0 unspecified atom stereocenters. The van der Waals surface area contributed by atoms with Crippen LogP contribution in [-0.4, -0.2) is 12.0 Å². The zero-order chi connectivity index (χ0) is 10.3. The first-order chi connectivity index (χ1) is 5.98. The molecule has 13 heavy (non-hydrogen) atoms. The molecule has 0 aromatic rings. The van der Waals surface area contributed by atoms with Crippen LogP contribution in [0.15, 0.2) is 24.6 Å². The molecule has 0 aliphatic heterocycles. The van der Waals surface area contributed by atoms with Crippen molar-refractivity contribution in [3.8, 4) is 6.07 Å². The van der Waals surface area contributed by atoms with Crippen molar-refractivity contribution in [2.45, 2.75) is 6.18 Å². The molecule has 3 nitrogen and oxygen atoms in total. The topological polar surface area (TPSA) is 52.9 Å². The van der Waals surface area contributed by atoms with Gasteiger partial charge < -0.3 is 5.32 Å². The molecule has 1 N–H and O–H groups in total. The zero-order valence-electron chi connectivity index (χ0n) is 6.30. The van der Waals surface area contributed by atoms with Gasteiger partial charge in [0.2, 0.25) is 0 Å². The van der Waals surface area contributed by atoms with Gasteiger partial charge in [0.25, 0.3) is 5.78 Å². The average molecular weight is 190 g/mol. The van der Waals surface area contributed by atoms with Gasteiger partial charge in [-0.3, -0.25) is 4.79 Å². The number of halogens is 3. The first-order valence-corrected chi connectivity index (χ1v) is 3.07. The summed E-state index contributed by atoms with van der Waals surface area (Å²) in [7, 11) is 0. The quantitative estimate of drug-likeness (QED) is 0.538. The molecule has 0 saturated heterocycles. The zero-order valence-corrected chi connectivity index (χ0v) is 6.30. The number of nitrogens with one attached hydrogen (secondary N) is 1. The number of nitrogens with zero attached hydrogens (tertiary/aromatic N) is 1. The summed E-state index contributed by atoms with van der Waals surface area (Å²) in [6.07, 6.45) is -1.61. The number of carbonyl (C=O) groups is 1. The lowest BCUT2D eigenvalue weighted by Gasteiger charge is -1.98. The van der Waals surface area contributed by atoms with E-state index in [0.29, 0.717) is 6.08 Å². The number of carbonyl (C=O) groups excluding carboxylic acids is 1. The van der Waals surface area contributed by atoms with Crippen LogP contribution in [-0.2, 0) is 4.79 Å². The molecule has 0 heterocycles. The Kier molecular flexibility index (Phi) is 4.30. The minimum absolute atomic E-state index is 0.335. The van der Waals surface area contributed by atoms with Gasteiger partial charge in [-0.1, -0.05) is 0 Å². The number of alkyl halides is 3. The van der Waals surface area contributed by atoms with E-state index in [1.54, 1.807) is 6.07 Å². The normalized spacial score (nSPS) is 11.8. The lowest BCUT2D eigenvalue weighted by molar-refractivity contribution is -0.165. The van der Waals surface area contributed by atoms with Crippen molar-refractivity contribution in [3.05, 3.63) is 24.6 Å². The van der Waals surface area contributed by atoms with Crippen molar-refractivity contribution in [3.63, 3.8) is 0 Å². The molecular weight excluding hydrogens is 185 g/mol. The Hall–Kier alpha value is -1.77. The molecule has 0 aliphatic rings. The van der Waals surface area contributed by atoms with Crippen molar-refractivity contribution < 1.29 is 18.0 Å². The van der Waals surface area contributed by atoms with Crippen LogP contribution < -0.4 is 5.32 Å². The van der Waals surface area contributed by atoms with Crippen molar-refractivity contribution in [2.24, 2.45) is 0 Å². The largest absolute Gasteiger partial charge is 0.454 e. The summed E-state index contributed by atoms with van der Waals surface area (Å²) in [5.41, 5.74) is 0. The highest BCUT2D eigenvalue weighted by atomic mass is 19.4. The Morgan fingerprint density at radius 1 is 1.38 bits per heavy atom. The van der Waals surface area contributed by atoms with Crippen molar-refractivity contribution in [2.75, 3.05) is 0 Å². The van der Waals surface area contributed by atoms with Crippen LogP contribution in [0.5, 0.6) is 0 Å². The lowest BCUT2D eigenvalue weighted by atomic mass is 10.4. The first-order valence-electron chi connectivity index (χ1n) is 3.07. The second kappa shape index (κ2) is 4.98. The molecule has 0 radical (unpaired) electrons. The third kappa shape index (κ3) is 5.49. The van der Waals surface area contributed by atoms with Gasteiger partial charge in [-0.25, -0.2) is 0 Å². The van der Waals surface area contributed by atoms with E-state index in [1.165, 1.54) is 0 Å². The second-order valence-corrected chi connectivity index (χ2v) is 1.82. The van der Waals surface area contributed by atoms with Gasteiger partial charge in [-0.2, -0.15) is 18.4 Å². The maximum absolute atomic E-state index is 11.5. The average Bonchev–Trinajstić information content (AvgIpc) is 2.02. The highest BCUT2D eigenvalue weighted by Gasteiger charge is 2.35. The summed E-state index contributed by atoms with van der Waals surface area (Å²) in [6, 6.07) is 1.60. The third-order valence-electron chi connectivity index (χ3n) is 0.864. The van der Waals surface area contributed by atoms with Crippen molar-refractivity contribution in [1.29, 1.82) is 5.26 Å². The van der Waals surface area contributed by atoms with E-state index in [1.807, 2.05) is 0 Å². The predicted octanol–water partition coefficient (Wildman–Crippen LogP) is 1.26. The van der Waals surface area contributed by atoms with Crippen LogP contribution in [0, 0.1) is 11.3 Å². The summed E-state index contributed by atoms with van der Waals surface area (Å²) in [4.78, 5) is 10.2. The van der Waals surface area contributed by atoms with E-state index in [2.05, 4.69) is 5.32 Å². The fourth-order valence-electron chi connectivity index (χ4n) is 0.359. The Morgan fingerprint density at radius 3 is 2.46 bits per heavy atom. The summed E-state index contributed by atoms with van der Waals surface area (Å²) < 4.78 is 34.6. The van der Waals surface area contributed by atoms with Crippen LogP contribution in [0.3, 0.4) is 0 Å². The molecule has 0 amide bonds. The van der Waals surface area contributed by atoms with Gasteiger partial charge in [-0.05, 0) is 0 Å². The molecule has 0 fully saturated rings. The monoisotopic (exact) mass is 190 g/mol. The lowest BCUT2D eigenvalue weighted by Crippen LogP contribution is -2.20. The molecular formula is C7H5F3N2O. The van der Waals surface area contributed by atoms with E-state index < -0.39 is 12.0 Å². The van der Waals surface area contributed by atoms with Gasteiger partial charge in [0.05, 0.1) is 6.07 Å². The van der Waals surface area contributed by atoms with E-state index in [9.17, 15) is 18.0 Å². The molecule has 0 saturated carbocycles. The highest BCUT2D eigenvalue weighted by molar-refractivity contribution is 5.94. The van der Waals surface area contributed by atoms with Crippen molar-refractivity contribution in [1.82, 2.24) is 5.32 Å². The van der Waals surface area contributed by atoms with Gasteiger partial charge in [0, 0.05) is 24.6 Å². The van der Waals surface area contributed by atoms with Crippen LogP contribution in [0.2, 0.25) is 0 Å².